The monoisotopic (exact) mass is 635 g/mol. The molecule has 0 saturated heterocycles. The van der Waals surface area contributed by atoms with Crippen LogP contribution in [0.5, 0.6) is 0 Å². The largest absolute Gasteiger partial charge is 0.247 e. The number of rotatable bonds is 4. The third kappa shape index (κ3) is 4.56. The zero-order chi connectivity index (χ0) is 33.0. The standard InChI is InChI=1S/C47H29N3/c1-3-14-31(15-4-1)41-29-42(32-16-5-2-6-17-32)50-47(49-41)34-25-23-33(24-26-34)46-45-37-20-10-9-19-36(37)38-28-27-30-13-7-8-18-35(30)43(38)44(45)39-21-11-12-22-40(39)48-46/h1-29H. The molecule has 232 valence electrons. The molecule has 0 bridgehead atoms. The maximum absolute atomic E-state index is 5.39. The normalized spacial score (nSPS) is 11.6. The Hall–Kier alpha value is -6.71. The number of fused-ring (bicyclic) bond motifs is 10. The predicted octanol–water partition coefficient (Wildman–Crippen LogP) is 12.3. The van der Waals surface area contributed by atoms with E-state index in [1.54, 1.807) is 0 Å². The summed E-state index contributed by atoms with van der Waals surface area (Å²) in [7, 11) is 0. The Morgan fingerprint density at radius 3 is 1.54 bits per heavy atom. The van der Waals surface area contributed by atoms with Crippen LogP contribution in [-0.4, -0.2) is 15.0 Å². The molecule has 0 fully saturated rings. The van der Waals surface area contributed by atoms with Crippen molar-refractivity contribution in [2.75, 3.05) is 0 Å². The van der Waals surface area contributed by atoms with E-state index in [-0.39, 0.29) is 0 Å². The highest BCUT2D eigenvalue weighted by Gasteiger charge is 2.19. The number of nitrogens with zero attached hydrogens (tertiary/aromatic N) is 3. The Balaban J connectivity index is 1.23. The third-order valence-electron chi connectivity index (χ3n) is 9.84. The van der Waals surface area contributed by atoms with Crippen molar-refractivity contribution in [3.63, 3.8) is 0 Å². The van der Waals surface area contributed by atoms with Gasteiger partial charge in [-0.3, -0.25) is 0 Å². The van der Waals surface area contributed by atoms with Crippen LogP contribution < -0.4 is 0 Å². The van der Waals surface area contributed by atoms with Gasteiger partial charge < -0.3 is 0 Å². The molecule has 2 heterocycles. The van der Waals surface area contributed by atoms with Gasteiger partial charge in [-0.2, -0.15) is 0 Å². The van der Waals surface area contributed by atoms with Crippen LogP contribution in [0.25, 0.3) is 99.2 Å². The highest BCUT2D eigenvalue weighted by molar-refractivity contribution is 6.37. The SMILES string of the molecule is c1ccc(-c2cc(-c3ccccc3)nc(-c3ccc(-c4nc5ccccc5c5c4c4ccccc4c4ccc6ccccc6c45)cc3)n2)cc1. The minimum absolute atomic E-state index is 0.691. The van der Waals surface area contributed by atoms with Crippen molar-refractivity contribution >= 4 is 54.0 Å². The molecule has 0 atom stereocenters. The lowest BCUT2D eigenvalue weighted by Gasteiger charge is -2.18. The van der Waals surface area contributed by atoms with Crippen LogP contribution in [0.4, 0.5) is 0 Å². The zero-order valence-electron chi connectivity index (χ0n) is 27.1. The lowest BCUT2D eigenvalue weighted by molar-refractivity contribution is 1.18. The van der Waals surface area contributed by atoms with Crippen molar-refractivity contribution in [2.24, 2.45) is 0 Å². The molecule has 0 unspecified atom stereocenters. The van der Waals surface area contributed by atoms with Crippen LogP contribution in [-0.2, 0) is 0 Å². The average Bonchev–Trinajstić information content (AvgIpc) is 3.20. The number of hydrogen-bond donors (Lipinski definition) is 0. The molecule has 50 heavy (non-hydrogen) atoms. The molecule has 0 aliphatic heterocycles. The van der Waals surface area contributed by atoms with Crippen LogP contribution in [0.15, 0.2) is 176 Å². The summed E-state index contributed by atoms with van der Waals surface area (Å²) in [5, 5.41) is 11.0. The van der Waals surface area contributed by atoms with Crippen LogP contribution in [0.2, 0.25) is 0 Å². The summed E-state index contributed by atoms with van der Waals surface area (Å²) in [5.41, 5.74) is 7.87. The van der Waals surface area contributed by atoms with Crippen LogP contribution >= 0.6 is 0 Å². The van der Waals surface area contributed by atoms with Gasteiger partial charge in [-0.15, -0.1) is 0 Å². The van der Waals surface area contributed by atoms with E-state index in [2.05, 4.69) is 140 Å². The van der Waals surface area contributed by atoms with Crippen molar-refractivity contribution < 1.29 is 0 Å². The van der Waals surface area contributed by atoms with Gasteiger partial charge in [0.2, 0.25) is 0 Å². The van der Waals surface area contributed by atoms with E-state index in [1.165, 1.54) is 43.1 Å². The molecule has 0 saturated carbocycles. The lowest BCUT2D eigenvalue weighted by Crippen LogP contribution is -1.96. The molecule has 0 radical (unpaired) electrons. The summed E-state index contributed by atoms with van der Waals surface area (Å²) in [4.78, 5) is 15.5. The topological polar surface area (TPSA) is 38.7 Å². The first kappa shape index (κ1) is 28.3. The minimum Gasteiger partial charge on any atom is -0.247 e. The summed E-state index contributed by atoms with van der Waals surface area (Å²) in [6, 6.07) is 61.9. The first-order chi connectivity index (χ1) is 24.8. The fourth-order valence-corrected chi connectivity index (χ4v) is 7.51. The zero-order valence-corrected chi connectivity index (χ0v) is 27.1. The van der Waals surface area contributed by atoms with E-state index in [0.717, 1.165) is 50.2 Å². The van der Waals surface area contributed by atoms with Crippen molar-refractivity contribution in [1.82, 2.24) is 15.0 Å². The van der Waals surface area contributed by atoms with E-state index in [0.29, 0.717) is 5.82 Å². The van der Waals surface area contributed by atoms with Gasteiger partial charge in [0.05, 0.1) is 22.6 Å². The summed E-state index contributed by atoms with van der Waals surface area (Å²) in [5.74, 6) is 0.691. The van der Waals surface area contributed by atoms with Gasteiger partial charge in [0.1, 0.15) is 0 Å². The van der Waals surface area contributed by atoms with Gasteiger partial charge in [-0.1, -0.05) is 164 Å². The molecule has 3 nitrogen and oxygen atoms in total. The van der Waals surface area contributed by atoms with E-state index in [9.17, 15) is 0 Å². The Bertz CT molecular complexity index is 2840. The molecule has 0 spiro atoms. The molecule has 0 amide bonds. The van der Waals surface area contributed by atoms with E-state index >= 15 is 0 Å². The molecule has 10 rings (SSSR count). The van der Waals surface area contributed by atoms with Gasteiger partial charge in [-0.25, -0.2) is 15.0 Å². The second-order valence-corrected chi connectivity index (χ2v) is 12.8. The smallest absolute Gasteiger partial charge is 0.160 e. The molecule has 0 aliphatic carbocycles. The highest BCUT2D eigenvalue weighted by atomic mass is 14.9. The van der Waals surface area contributed by atoms with Gasteiger partial charge in [0.15, 0.2) is 5.82 Å². The lowest BCUT2D eigenvalue weighted by atomic mass is 9.87. The highest BCUT2D eigenvalue weighted by Crippen LogP contribution is 2.45. The fourth-order valence-electron chi connectivity index (χ4n) is 7.51. The van der Waals surface area contributed by atoms with Crippen molar-refractivity contribution in [2.45, 2.75) is 0 Å². The minimum atomic E-state index is 0.691. The molecule has 0 aliphatic rings. The average molecular weight is 636 g/mol. The Morgan fingerprint density at radius 2 is 0.840 bits per heavy atom. The number of pyridine rings is 1. The number of aromatic nitrogens is 3. The Kier molecular flexibility index (Phi) is 6.49. The van der Waals surface area contributed by atoms with Crippen molar-refractivity contribution in [3.8, 4) is 45.2 Å². The summed E-state index contributed by atoms with van der Waals surface area (Å²) in [6.45, 7) is 0. The maximum Gasteiger partial charge on any atom is 0.160 e. The third-order valence-corrected chi connectivity index (χ3v) is 9.84. The van der Waals surface area contributed by atoms with Crippen molar-refractivity contribution in [1.29, 1.82) is 0 Å². The van der Waals surface area contributed by atoms with E-state index < -0.39 is 0 Å². The van der Waals surface area contributed by atoms with Gasteiger partial charge in [0.25, 0.3) is 0 Å². The summed E-state index contributed by atoms with van der Waals surface area (Å²) >= 11 is 0. The molecular weight excluding hydrogens is 607 g/mol. The van der Waals surface area contributed by atoms with Gasteiger partial charge in [0, 0.05) is 38.4 Å². The summed E-state index contributed by atoms with van der Waals surface area (Å²) in [6.07, 6.45) is 0. The van der Waals surface area contributed by atoms with Crippen molar-refractivity contribution in [3.05, 3.63) is 176 Å². The molecular formula is C47H29N3. The quantitative estimate of drug-likeness (QED) is 0.181. The summed E-state index contributed by atoms with van der Waals surface area (Å²) < 4.78 is 0. The Morgan fingerprint density at radius 1 is 0.300 bits per heavy atom. The molecule has 10 aromatic rings. The second-order valence-electron chi connectivity index (χ2n) is 12.8. The van der Waals surface area contributed by atoms with Crippen LogP contribution in [0.1, 0.15) is 0 Å². The second kappa shape index (κ2) is 11.5. The first-order valence-electron chi connectivity index (χ1n) is 17.0. The van der Waals surface area contributed by atoms with Gasteiger partial charge >= 0.3 is 0 Å². The first-order valence-corrected chi connectivity index (χ1v) is 17.0. The van der Waals surface area contributed by atoms with Gasteiger partial charge in [-0.05, 0) is 44.5 Å². The molecule has 3 heteroatoms. The van der Waals surface area contributed by atoms with E-state index in [4.69, 9.17) is 15.0 Å². The maximum atomic E-state index is 5.39. The van der Waals surface area contributed by atoms with Crippen LogP contribution in [0.3, 0.4) is 0 Å². The number of benzene rings is 8. The number of para-hydroxylation sites is 1. The van der Waals surface area contributed by atoms with Crippen LogP contribution in [0, 0.1) is 0 Å². The molecule has 2 aromatic heterocycles. The molecule has 8 aromatic carbocycles. The Labute approximate surface area is 289 Å². The molecule has 0 N–H and O–H groups in total. The number of hydrogen-bond acceptors (Lipinski definition) is 3. The fraction of sp³-hybridized carbons (Fsp3) is 0. The predicted molar refractivity (Wildman–Crippen MR) is 209 cm³/mol. The van der Waals surface area contributed by atoms with E-state index in [1.807, 2.05) is 36.4 Å².